The average Bonchev–Trinajstić information content (AvgIpc) is 3.35. The standard InChI is InChI=1S/C20H30N4OS.HI/c1-2-11-24-12-8-17(9-13-24)23-20(22-16-19-6-4-15-26-19)21-10-7-18-5-3-14-25-18;/h3-6,14-15,17H,2,7-13,16H2,1H3,(H2,21,22,23);1H. The maximum Gasteiger partial charge on any atom is 0.191 e. The highest BCUT2D eigenvalue weighted by Gasteiger charge is 2.19. The van der Waals surface area contributed by atoms with E-state index in [0.29, 0.717) is 6.04 Å². The van der Waals surface area contributed by atoms with Crippen LogP contribution in [0.5, 0.6) is 0 Å². The lowest BCUT2D eigenvalue weighted by Crippen LogP contribution is -2.49. The van der Waals surface area contributed by atoms with E-state index in [0.717, 1.165) is 31.2 Å². The monoisotopic (exact) mass is 502 g/mol. The second-order valence-corrected chi connectivity index (χ2v) is 7.79. The summed E-state index contributed by atoms with van der Waals surface area (Å²) in [5.74, 6) is 1.92. The Morgan fingerprint density at radius 3 is 2.81 bits per heavy atom. The Bertz CT molecular complexity index is 637. The summed E-state index contributed by atoms with van der Waals surface area (Å²) in [6.45, 7) is 7.36. The van der Waals surface area contributed by atoms with Gasteiger partial charge < -0.3 is 20.0 Å². The fraction of sp³-hybridized carbons (Fsp3) is 0.550. The fourth-order valence-corrected chi connectivity index (χ4v) is 3.91. The van der Waals surface area contributed by atoms with E-state index in [1.54, 1.807) is 17.6 Å². The van der Waals surface area contributed by atoms with Gasteiger partial charge in [0.05, 0.1) is 12.8 Å². The van der Waals surface area contributed by atoms with Crippen LogP contribution in [0, 0.1) is 0 Å². The number of nitrogens with one attached hydrogen (secondary N) is 2. The quantitative estimate of drug-likeness (QED) is 0.324. The van der Waals surface area contributed by atoms with Gasteiger partial charge in [-0.1, -0.05) is 13.0 Å². The molecule has 0 bridgehead atoms. The van der Waals surface area contributed by atoms with Crippen molar-refractivity contribution in [1.82, 2.24) is 15.5 Å². The third-order valence-corrected chi connectivity index (χ3v) is 5.55. The molecule has 0 aliphatic carbocycles. The number of piperidine rings is 1. The van der Waals surface area contributed by atoms with Crippen molar-refractivity contribution in [1.29, 1.82) is 0 Å². The van der Waals surface area contributed by atoms with E-state index in [2.05, 4.69) is 40.0 Å². The van der Waals surface area contributed by atoms with Crippen LogP contribution in [0.25, 0.3) is 0 Å². The van der Waals surface area contributed by atoms with Crippen molar-refractivity contribution in [3.8, 4) is 0 Å². The van der Waals surface area contributed by atoms with Gasteiger partial charge in [-0.2, -0.15) is 0 Å². The molecule has 7 heteroatoms. The van der Waals surface area contributed by atoms with Crippen LogP contribution in [0.2, 0.25) is 0 Å². The summed E-state index contributed by atoms with van der Waals surface area (Å²) in [5.41, 5.74) is 0. The van der Waals surface area contributed by atoms with Crippen molar-refractivity contribution in [2.75, 3.05) is 26.2 Å². The zero-order valence-electron chi connectivity index (χ0n) is 16.0. The number of thiophene rings is 1. The van der Waals surface area contributed by atoms with Crippen molar-refractivity contribution in [2.24, 2.45) is 4.99 Å². The third kappa shape index (κ3) is 7.83. The van der Waals surface area contributed by atoms with Crippen LogP contribution in [0.4, 0.5) is 0 Å². The molecule has 2 aromatic heterocycles. The lowest BCUT2D eigenvalue weighted by Gasteiger charge is -2.32. The van der Waals surface area contributed by atoms with E-state index < -0.39 is 0 Å². The number of aliphatic imine (C=N–C) groups is 1. The Balaban J connectivity index is 0.00000261. The molecule has 0 radical (unpaired) electrons. The molecular formula is C20H31IN4OS. The van der Waals surface area contributed by atoms with Crippen molar-refractivity contribution < 1.29 is 4.42 Å². The molecule has 3 rings (SSSR count). The molecule has 1 saturated heterocycles. The molecule has 27 heavy (non-hydrogen) atoms. The van der Waals surface area contributed by atoms with Gasteiger partial charge in [0.15, 0.2) is 5.96 Å². The molecule has 3 heterocycles. The minimum Gasteiger partial charge on any atom is -0.469 e. The van der Waals surface area contributed by atoms with E-state index >= 15 is 0 Å². The Kier molecular flexibility index (Phi) is 10.2. The zero-order chi connectivity index (χ0) is 18.0. The number of halogens is 1. The minimum atomic E-state index is 0. The topological polar surface area (TPSA) is 52.8 Å². The van der Waals surface area contributed by atoms with Crippen LogP contribution in [0.15, 0.2) is 45.3 Å². The first-order chi connectivity index (χ1) is 12.8. The molecule has 1 fully saturated rings. The predicted molar refractivity (Wildman–Crippen MR) is 124 cm³/mol. The minimum absolute atomic E-state index is 0. The van der Waals surface area contributed by atoms with E-state index in [-0.39, 0.29) is 24.0 Å². The Hall–Kier alpha value is -1.06. The van der Waals surface area contributed by atoms with Gasteiger partial charge in [0.25, 0.3) is 0 Å². The third-order valence-electron chi connectivity index (χ3n) is 4.69. The van der Waals surface area contributed by atoms with Crippen LogP contribution in [0.1, 0.15) is 36.8 Å². The van der Waals surface area contributed by atoms with Crippen LogP contribution in [0.3, 0.4) is 0 Å². The Morgan fingerprint density at radius 1 is 1.30 bits per heavy atom. The lowest BCUT2D eigenvalue weighted by atomic mass is 10.1. The molecule has 150 valence electrons. The second kappa shape index (κ2) is 12.4. The molecule has 2 aromatic rings. The van der Waals surface area contributed by atoms with Gasteiger partial charge >= 0.3 is 0 Å². The summed E-state index contributed by atoms with van der Waals surface area (Å²) >= 11 is 1.75. The number of hydrogen-bond acceptors (Lipinski definition) is 4. The van der Waals surface area contributed by atoms with Gasteiger partial charge in [-0.3, -0.25) is 0 Å². The number of nitrogens with zero attached hydrogens (tertiary/aromatic N) is 2. The number of rotatable bonds is 8. The van der Waals surface area contributed by atoms with Gasteiger partial charge in [-0.15, -0.1) is 35.3 Å². The molecule has 0 atom stereocenters. The highest BCUT2D eigenvalue weighted by Crippen LogP contribution is 2.12. The zero-order valence-corrected chi connectivity index (χ0v) is 19.2. The molecule has 1 aliphatic rings. The van der Waals surface area contributed by atoms with Crippen LogP contribution >= 0.6 is 35.3 Å². The fourth-order valence-electron chi connectivity index (χ4n) is 3.28. The summed E-state index contributed by atoms with van der Waals surface area (Å²) in [6.07, 6.45) is 6.18. The molecule has 0 unspecified atom stereocenters. The van der Waals surface area contributed by atoms with Crippen molar-refractivity contribution in [2.45, 2.75) is 45.2 Å². The van der Waals surface area contributed by atoms with Crippen LogP contribution in [-0.4, -0.2) is 43.1 Å². The molecule has 0 aromatic carbocycles. The first kappa shape index (κ1) is 22.2. The van der Waals surface area contributed by atoms with Crippen molar-refractivity contribution in [3.05, 3.63) is 46.5 Å². The Morgan fingerprint density at radius 2 is 2.15 bits per heavy atom. The summed E-state index contributed by atoms with van der Waals surface area (Å²) in [5, 5.41) is 9.22. The highest BCUT2D eigenvalue weighted by atomic mass is 127. The first-order valence-corrected chi connectivity index (χ1v) is 10.5. The number of likely N-dealkylation sites (tertiary alicyclic amines) is 1. The summed E-state index contributed by atoms with van der Waals surface area (Å²) in [4.78, 5) is 8.64. The smallest absolute Gasteiger partial charge is 0.191 e. The lowest BCUT2D eigenvalue weighted by molar-refractivity contribution is 0.206. The van der Waals surface area contributed by atoms with Gasteiger partial charge in [0.2, 0.25) is 0 Å². The van der Waals surface area contributed by atoms with Gasteiger partial charge in [0, 0.05) is 37.0 Å². The van der Waals surface area contributed by atoms with Crippen molar-refractivity contribution >= 4 is 41.3 Å². The Labute approximate surface area is 183 Å². The number of hydrogen-bond donors (Lipinski definition) is 2. The molecule has 0 spiro atoms. The maximum absolute atomic E-state index is 5.41. The van der Waals surface area contributed by atoms with E-state index in [9.17, 15) is 0 Å². The number of furan rings is 1. The van der Waals surface area contributed by atoms with E-state index in [4.69, 9.17) is 9.41 Å². The van der Waals surface area contributed by atoms with E-state index in [1.165, 1.54) is 43.8 Å². The van der Waals surface area contributed by atoms with Gasteiger partial charge in [-0.05, 0) is 49.4 Å². The predicted octanol–water partition coefficient (Wildman–Crippen LogP) is 4.11. The summed E-state index contributed by atoms with van der Waals surface area (Å²) in [7, 11) is 0. The second-order valence-electron chi connectivity index (χ2n) is 6.76. The molecule has 5 nitrogen and oxygen atoms in total. The van der Waals surface area contributed by atoms with Gasteiger partial charge in [0.1, 0.15) is 5.76 Å². The SMILES string of the molecule is CCCN1CCC(NC(=NCc2cccs2)NCCc2ccco2)CC1.I. The molecule has 0 amide bonds. The molecule has 2 N–H and O–H groups in total. The average molecular weight is 502 g/mol. The largest absolute Gasteiger partial charge is 0.469 e. The van der Waals surface area contributed by atoms with Crippen LogP contribution in [-0.2, 0) is 13.0 Å². The van der Waals surface area contributed by atoms with Crippen molar-refractivity contribution in [3.63, 3.8) is 0 Å². The number of guanidine groups is 1. The highest BCUT2D eigenvalue weighted by molar-refractivity contribution is 14.0. The molecular weight excluding hydrogens is 471 g/mol. The van der Waals surface area contributed by atoms with Gasteiger partial charge in [-0.25, -0.2) is 4.99 Å². The normalized spacial score (nSPS) is 16.1. The van der Waals surface area contributed by atoms with E-state index in [1.807, 2.05) is 12.1 Å². The molecule has 0 saturated carbocycles. The molecule has 1 aliphatic heterocycles. The summed E-state index contributed by atoms with van der Waals surface area (Å²) in [6, 6.07) is 8.67. The summed E-state index contributed by atoms with van der Waals surface area (Å²) < 4.78 is 5.41. The maximum atomic E-state index is 5.41. The first-order valence-electron chi connectivity index (χ1n) is 9.65. The van der Waals surface area contributed by atoms with Crippen LogP contribution < -0.4 is 10.6 Å².